The molecule has 4 nitrogen and oxygen atoms in total. The van der Waals surface area contributed by atoms with Crippen LogP contribution >= 0.6 is 0 Å². The average Bonchev–Trinajstić information content (AvgIpc) is 2.29. The highest BCUT2D eigenvalue weighted by molar-refractivity contribution is 5.43. The van der Waals surface area contributed by atoms with Gasteiger partial charge in [-0.05, 0) is 13.1 Å². The molecule has 0 amide bonds. The molecule has 0 radical (unpaired) electrons. The molecular formula is C11H16FNO3. The van der Waals surface area contributed by atoms with E-state index in [-0.39, 0.29) is 5.75 Å². The maximum Gasteiger partial charge on any atom is 0.165 e. The van der Waals surface area contributed by atoms with Crippen molar-refractivity contribution in [2.45, 2.75) is 6.10 Å². The highest BCUT2D eigenvalue weighted by atomic mass is 19.1. The maximum atomic E-state index is 13.5. The van der Waals surface area contributed by atoms with Crippen molar-refractivity contribution in [3.63, 3.8) is 0 Å². The molecule has 0 saturated carbocycles. The van der Waals surface area contributed by atoms with Gasteiger partial charge in [-0.15, -0.1) is 0 Å². The Bertz CT molecular complexity index is 357. The monoisotopic (exact) mass is 229 g/mol. The fourth-order valence-electron chi connectivity index (χ4n) is 1.45. The van der Waals surface area contributed by atoms with Crippen molar-refractivity contribution in [3.8, 4) is 11.5 Å². The standard InChI is InChI=1S/C11H16FNO3/c1-13-6-9(14)7-4-8(12)11(16-3)5-10(7)15-2/h4-5,9,13-14H,6H2,1-3H3. The number of aliphatic hydroxyl groups is 1. The number of methoxy groups -OCH3 is 2. The molecule has 0 aliphatic rings. The summed E-state index contributed by atoms with van der Waals surface area (Å²) in [5.74, 6) is -0.0216. The number of likely N-dealkylation sites (N-methyl/N-ethyl adjacent to an activating group) is 1. The van der Waals surface area contributed by atoms with E-state index >= 15 is 0 Å². The smallest absolute Gasteiger partial charge is 0.165 e. The Morgan fingerprint density at radius 3 is 2.44 bits per heavy atom. The number of hydrogen-bond acceptors (Lipinski definition) is 4. The van der Waals surface area contributed by atoms with E-state index in [0.717, 1.165) is 0 Å². The van der Waals surface area contributed by atoms with Crippen LogP contribution in [0.25, 0.3) is 0 Å². The second-order valence-corrected chi connectivity index (χ2v) is 3.30. The van der Waals surface area contributed by atoms with E-state index in [1.54, 1.807) is 7.05 Å². The number of benzene rings is 1. The van der Waals surface area contributed by atoms with E-state index in [2.05, 4.69) is 5.32 Å². The minimum Gasteiger partial charge on any atom is -0.496 e. The van der Waals surface area contributed by atoms with Crippen LogP contribution in [0.4, 0.5) is 4.39 Å². The molecule has 0 aromatic heterocycles. The van der Waals surface area contributed by atoms with Gasteiger partial charge in [-0.3, -0.25) is 0 Å². The predicted octanol–water partition coefficient (Wildman–Crippen LogP) is 1.10. The molecule has 0 aliphatic heterocycles. The van der Waals surface area contributed by atoms with E-state index in [0.29, 0.717) is 17.9 Å². The van der Waals surface area contributed by atoms with Crippen LogP contribution < -0.4 is 14.8 Å². The van der Waals surface area contributed by atoms with Crippen LogP contribution in [-0.4, -0.2) is 32.9 Å². The number of halogens is 1. The van der Waals surface area contributed by atoms with E-state index in [1.165, 1.54) is 26.4 Å². The molecule has 16 heavy (non-hydrogen) atoms. The Morgan fingerprint density at radius 1 is 1.31 bits per heavy atom. The van der Waals surface area contributed by atoms with Crippen molar-refractivity contribution < 1.29 is 19.0 Å². The first-order chi connectivity index (χ1) is 7.63. The Morgan fingerprint density at radius 2 is 1.94 bits per heavy atom. The van der Waals surface area contributed by atoms with Crippen molar-refractivity contribution in [1.29, 1.82) is 0 Å². The molecule has 0 bridgehead atoms. The van der Waals surface area contributed by atoms with Gasteiger partial charge in [-0.25, -0.2) is 4.39 Å². The molecule has 0 spiro atoms. The molecule has 1 rings (SSSR count). The van der Waals surface area contributed by atoms with E-state index in [4.69, 9.17) is 9.47 Å². The first-order valence-electron chi connectivity index (χ1n) is 4.88. The van der Waals surface area contributed by atoms with Crippen LogP contribution in [0.1, 0.15) is 11.7 Å². The van der Waals surface area contributed by atoms with Crippen molar-refractivity contribution in [2.75, 3.05) is 27.8 Å². The third kappa shape index (κ3) is 2.62. The molecular weight excluding hydrogens is 213 g/mol. The van der Waals surface area contributed by atoms with Crippen molar-refractivity contribution in [3.05, 3.63) is 23.5 Å². The molecule has 1 aromatic rings. The van der Waals surface area contributed by atoms with Gasteiger partial charge in [-0.2, -0.15) is 0 Å². The molecule has 0 fully saturated rings. The first kappa shape index (κ1) is 12.7. The van der Waals surface area contributed by atoms with E-state index in [9.17, 15) is 9.50 Å². The number of ether oxygens (including phenoxy) is 2. The normalized spacial score (nSPS) is 12.3. The highest BCUT2D eigenvalue weighted by Crippen LogP contribution is 2.31. The predicted molar refractivity (Wildman–Crippen MR) is 58.4 cm³/mol. The largest absolute Gasteiger partial charge is 0.496 e. The lowest BCUT2D eigenvalue weighted by Gasteiger charge is -2.15. The number of nitrogens with one attached hydrogen (secondary N) is 1. The molecule has 2 N–H and O–H groups in total. The van der Waals surface area contributed by atoms with Crippen LogP contribution in [0.3, 0.4) is 0 Å². The lowest BCUT2D eigenvalue weighted by molar-refractivity contribution is 0.172. The molecule has 1 aromatic carbocycles. The van der Waals surface area contributed by atoms with Gasteiger partial charge in [-0.1, -0.05) is 0 Å². The summed E-state index contributed by atoms with van der Waals surface area (Å²) < 4.78 is 23.4. The summed E-state index contributed by atoms with van der Waals surface area (Å²) >= 11 is 0. The summed E-state index contributed by atoms with van der Waals surface area (Å²) in [5, 5.41) is 12.6. The van der Waals surface area contributed by atoms with E-state index < -0.39 is 11.9 Å². The van der Waals surface area contributed by atoms with Crippen LogP contribution in [0, 0.1) is 5.82 Å². The lowest BCUT2D eigenvalue weighted by Crippen LogP contribution is -2.17. The van der Waals surface area contributed by atoms with Gasteiger partial charge in [0.05, 0.1) is 20.3 Å². The molecule has 0 aliphatic carbocycles. The highest BCUT2D eigenvalue weighted by Gasteiger charge is 2.16. The van der Waals surface area contributed by atoms with Gasteiger partial charge in [0, 0.05) is 18.2 Å². The lowest BCUT2D eigenvalue weighted by atomic mass is 10.1. The zero-order valence-electron chi connectivity index (χ0n) is 9.58. The number of aliphatic hydroxyl groups excluding tert-OH is 1. The minimum atomic E-state index is -0.819. The van der Waals surface area contributed by atoms with Crippen molar-refractivity contribution in [2.24, 2.45) is 0 Å². The van der Waals surface area contributed by atoms with Gasteiger partial charge in [0.25, 0.3) is 0 Å². The fraction of sp³-hybridized carbons (Fsp3) is 0.455. The van der Waals surface area contributed by atoms with Crippen molar-refractivity contribution in [1.82, 2.24) is 5.32 Å². The number of hydrogen-bond donors (Lipinski definition) is 2. The average molecular weight is 229 g/mol. The third-order valence-electron chi connectivity index (χ3n) is 2.26. The topological polar surface area (TPSA) is 50.7 Å². The Kier molecular flexibility index (Phi) is 4.52. The summed E-state index contributed by atoms with van der Waals surface area (Å²) in [5.41, 5.74) is 0.398. The molecule has 5 heteroatoms. The molecule has 1 unspecified atom stereocenters. The van der Waals surface area contributed by atoms with Gasteiger partial charge in [0.2, 0.25) is 0 Å². The first-order valence-corrected chi connectivity index (χ1v) is 4.88. The second-order valence-electron chi connectivity index (χ2n) is 3.30. The van der Waals surface area contributed by atoms with Gasteiger partial charge in [0.1, 0.15) is 5.75 Å². The molecule has 1 atom stereocenters. The summed E-state index contributed by atoms with van der Waals surface area (Å²) in [6, 6.07) is 2.64. The number of rotatable bonds is 5. The van der Waals surface area contributed by atoms with Gasteiger partial charge >= 0.3 is 0 Å². The third-order valence-corrected chi connectivity index (χ3v) is 2.26. The van der Waals surface area contributed by atoms with Crippen LogP contribution in [0.5, 0.6) is 11.5 Å². The summed E-state index contributed by atoms with van der Waals surface area (Å²) in [6.45, 7) is 0.322. The molecule has 0 heterocycles. The fourth-order valence-corrected chi connectivity index (χ4v) is 1.45. The summed E-state index contributed by atoms with van der Waals surface area (Å²) in [7, 11) is 4.54. The second kappa shape index (κ2) is 5.67. The zero-order valence-corrected chi connectivity index (χ0v) is 9.58. The van der Waals surface area contributed by atoms with Gasteiger partial charge < -0.3 is 19.9 Å². The minimum absolute atomic E-state index is 0.0947. The Hall–Kier alpha value is -1.33. The van der Waals surface area contributed by atoms with Gasteiger partial charge in [0.15, 0.2) is 11.6 Å². The van der Waals surface area contributed by atoms with Crippen LogP contribution in [0.2, 0.25) is 0 Å². The van der Waals surface area contributed by atoms with E-state index in [1.807, 2.05) is 0 Å². The van der Waals surface area contributed by atoms with Crippen LogP contribution in [0.15, 0.2) is 12.1 Å². The van der Waals surface area contributed by atoms with Crippen molar-refractivity contribution >= 4 is 0 Å². The summed E-state index contributed by atoms with van der Waals surface area (Å²) in [4.78, 5) is 0. The Labute approximate surface area is 94.0 Å². The zero-order chi connectivity index (χ0) is 12.1. The summed E-state index contributed by atoms with van der Waals surface area (Å²) in [6.07, 6.45) is -0.819. The Balaban J connectivity index is 3.12. The van der Waals surface area contributed by atoms with Crippen LogP contribution in [-0.2, 0) is 0 Å². The SMILES string of the molecule is CNCC(O)c1cc(F)c(OC)cc1OC. The molecule has 90 valence electrons. The quantitative estimate of drug-likeness (QED) is 0.793. The maximum absolute atomic E-state index is 13.5. The molecule has 0 saturated heterocycles.